The fourth-order valence-corrected chi connectivity index (χ4v) is 2.60. The van der Waals surface area contributed by atoms with Gasteiger partial charge in [-0.1, -0.05) is 17.3 Å². The maximum absolute atomic E-state index is 12.5. The predicted molar refractivity (Wildman–Crippen MR) is 93.1 cm³/mol. The highest BCUT2D eigenvalue weighted by atomic mass is 16.5. The fraction of sp³-hybridized carbons (Fsp3) is 0.526. The van der Waals surface area contributed by atoms with Crippen LogP contribution >= 0.6 is 0 Å². The SMILES string of the molecule is CN(Cc1nc(C2CC2)no1)C(=O)c1ccc(CCC(C)(C)O)cc1. The van der Waals surface area contributed by atoms with Gasteiger partial charge in [-0.05, 0) is 57.2 Å². The highest BCUT2D eigenvalue weighted by molar-refractivity contribution is 5.94. The number of hydrogen-bond donors (Lipinski definition) is 1. The predicted octanol–water partition coefficient (Wildman–Crippen LogP) is 2.92. The lowest BCUT2D eigenvalue weighted by atomic mass is 9.98. The van der Waals surface area contributed by atoms with Gasteiger partial charge in [-0.2, -0.15) is 4.98 Å². The molecule has 0 bridgehead atoms. The molecule has 1 fully saturated rings. The summed E-state index contributed by atoms with van der Waals surface area (Å²) in [5.74, 6) is 1.58. The van der Waals surface area contributed by atoms with Crippen molar-refractivity contribution < 1.29 is 14.4 Å². The molecule has 3 rings (SSSR count). The summed E-state index contributed by atoms with van der Waals surface area (Å²) >= 11 is 0. The largest absolute Gasteiger partial charge is 0.390 e. The van der Waals surface area contributed by atoms with E-state index in [4.69, 9.17) is 4.52 Å². The number of rotatable bonds is 7. The van der Waals surface area contributed by atoms with Crippen LogP contribution in [0.15, 0.2) is 28.8 Å². The van der Waals surface area contributed by atoms with E-state index in [0.717, 1.165) is 30.7 Å². The number of aryl methyl sites for hydroxylation is 1. The minimum Gasteiger partial charge on any atom is -0.390 e. The van der Waals surface area contributed by atoms with Crippen molar-refractivity contribution >= 4 is 5.91 Å². The van der Waals surface area contributed by atoms with Gasteiger partial charge in [0.2, 0.25) is 5.89 Å². The van der Waals surface area contributed by atoms with Gasteiger partial charge in [0.05, 0.1) is 12.1 Å². The van der Waals surface area contributed by atoms with Crippen LogP contribution in [-0.2, 0) is 13.0 Å². The van der Waals surface area contributed by atoms with E-state index in [1.807, 2.05) is 24.3 Å². The molecule has 0 saturated heterocycles. The Hall–Kier alpha value is -2.21. The molecular weight excluding hydrogens is 318 g/mol. The molecule has 1 aliphatic carbocycles. The summed E-state index contributed by atoms with van der Waals surface area (Å²) in [5.41, 5.74) is 1.04. The van der Waals surface area contributed by atoms with E-state index in [9.17, 15) is 9.90 Å². The van der Waals surface area contributed by atoms with Crippen LogP contribution in [-0.4, -0.2) is 38.7 Å². The molecule has 1 saturated carbocycles. The minimum absolute atomic E-state index is 0.0831. The molecule has 1 amide bonds. The Bertz CT molecular complexity index is 727. The number of amides is 1. The molecule has 1 N–H and O–H groups in total. The second kappa shape index (κ2) is 6.96. The van der Waals surface area contributed by atoms with Crippen LogP contribution in [0.3, 0.4) is 0 Å². The lowest BCUT2D eigenvalue weighted by molar-refractivity contribution is 0.0712. The third-order valence-corrected chi connectivity index (χ3v) is 4.37. The van der Waals surface area contributed by atoms with Crippen molar-refractivity contribution in [3.63, 3.8) is 0 Å². The van der Waals surface area contributed by atoms with Crippen LogP contribution in [0.2, 0.25) is 0 Å². The number of carbonyl (C=O) groups excluding carboxylic acids is 1. The summed E-state index contributed by atoms with van der Waals surface area (Å²) in [5, 5.41) is 13.8. The Morgan fingerprint density at radius 3 is 2.60 bits per heavy atom. The Kier molecular flexibility index (Phi) is 4.90. The maximum Gasteiger partial charge on any atom is 0.254 e. The summed E-state index contributed by atoms with van der Waals surface area (Å²) in [4.78, 5) is 18.5. The van der Waals surface area contributed by atoms with Crippen LogP contribution in [0.25, 0.3) is 0 Å². The minimum atomic E-state index is -0.682. The molecule has 25 heavy (non-hydrogen) atoms. The van der Waals surface area contributed by atoms with Gasteiger partial charge in [-0.3, -0.25) is 4.79 Å². The van der Waals surface area contributed by atoms with E-state index in [-0.39, 0.29) is 5.91 Å². The Labute approximate surface area is 147 Å². The standard InChI is InChI=1S/C19H25N3O3/c1-19(2,24)11-10-13-4-6-15(7-5-13)18(23)22(3)12-16-20-17(21-25-16)14-8-9-14/h4-7,14,24H,8-12H2,1-3H3. The number of aliphatic hydroxyl groups is 1. The maximum atomic E-state index is 12.5. The van der Waals surface area contributed by atoms with Crippen molar-refractivity contribution in [2.45, 2.75) is 57.6 Å². The van der Waals surface area contributed by atoms with E-state index < -0.39 is 5.60 Å². The van der Waals surface area contributed by atoms with E-state index in [1.54, 1.807) is 25.8 Å². The Balaban J connectivity index is 1.57. The first-order chi connectivity index (χ1) is 11.8. The quantitative estimate of drug-likeness (QED) is 0.836. The Morgan fingerprint density at radius 2 is 2.00 bits per heavy atom. The van der Waals surface area contributed by atoms with E-state index in [2.05, 4.69) is 10.1 Å². The second-order valence-electron chi connectivity index (χ2n) is 7.49. The van der Waals surface area contributed by atoms with Crippen molar-refractivity contribution in [2.24, 2.45) is 0 Å². The smallest absolute Gasteiger partial charge is 0.254 e. The first-order valence-corrected chi connectivity index (χ1v) is 8.71. The third-order valence-electron chi connectivity index (χ3n) is 4.37. The van der Waals surface area contributed by atoms with Gasteiger partial charge in [0.25, 0.3) is 5.91 Å². The van der Waals surface area contributed by atoms with Gasteiger partial charge < -0.3 is 14.5 Å². The molecule has 1 aromatic carbocycles. The molecule has 1 heterocycles. The molecule has 1 aliphatic rings. The molecule has 0 aliphatic heterocycles. The zero-order valence-corrected chi connectivity index (χ0v) is 15.0. The zero-order valence-electron chi connectivity index (χ0n) is 15.0. The second-order valence-corrected chi connectivity index (χ2v) is 7.49. The number of hydrogen-bond acceptors (Lipinski definition) is 5. The van der Waals surface area contributed by atoms with Crippen molar-refractivity contribution in [2.75, 3.05) is 7.05 Å². The van der Waals surface area contributed by atoms with Gasteiger partial charge in [-0.25, -0.2) is 0 Å². The topological polar surface area (TPSA) is 79.5 Å². The molecule has 0 spiro atoms. The molecule has 0 radical (unpaired) electrons. The number of nitrogens with zero attached hydrogens (tertiary/aromatic N) is 3. The molecule has 6 nitrogen and oxygen atoms in total. The third kappa shape index (κ3) is 4.89. The van der Waals surface area contributed by atoms with Crippen molar-refractivity contribution in [3.05, 3.63) is 47.1 Å². The molecule has 0 unspecified atom stereocenters. The molecule has 134 valence electrons. The lowest BCUT2D eigenvalue weighted by Gasteiger charge is -2.17. The summed E-state index contributed by atoms with van der Waals surface area (Å²) < 4.78 is 5.23. The molecule has 1 aromatic heterocycles. The highest BCUT2D eigenvalue weighted by Crippen LogP contribution is 2.38. The van der Waals surface area contributed by atoms with Gasteiger partial charge in [0.1, 0.15) is 0 Å². The van der Waals surface area contributed by atoms with Gasteiger partial charge in [0, 0.05) is 18.5 Å². The number of aromatic nitrogens is 2. The summed E-state index contributed by atoms with van der Waals surface area (Å²) in [6.45, 7) is 3.90. The average Bonchev–Trinajstić information content (AvgIpc) is 3.32. The van der Waals surface area contributed by atoms with Crippen molar-refractivity contribution in [3.8, 4) is 0 Å². The number of benzene rings is 1. The van der Waals surface area contributed by atoms with Crippen LogP contribution in [0.1, 0.15) is 66.7 Å². The van der Waals surface area contributed by atoms with Crippen molar-refractivity contribution in [1.82, 2.24) is 15.0 Å². The average molecular weight is 343 g/mol. The molecular formula is C19H25N3O3. The van der Waals surface area contributed by atoms with Gasteiger partial charge >= 0.3 is 0 Å². The van der Waals surface area contributed by atoms with E-state index in [0.29, 0.717) is 30.3 Å². The van der Waals surface area contributed by atoms with Gasteiger partial charge in [0.15, 0.2) is 5.82 Å². The lowest BCUT2D eigenvalue weighted by Crippen LogP contribution is -2.26. The first-order valence-electron chi connectivity index (χ1n) is 8.71. The summed E-state index contributed by atoms with van der Waals surface area (Å²) in [6.07, 6.45) is 3.70. The number of carbonyl (C=O) groups is 1. The van der Waals surface area contributed by atoms with Gasteiger partial charge in [-0.15, -0.1) is 0 Å². The molecule has 6 heteroatoms. The van der Waals surface area contributed by atoms with Crippen LogP contribution in [0, 0.1) is 0 Å². The van der Waals surface area contributed by atoms with Crippen molar-refractivity contribution in [1.29, 1.82) is 0 Å². The highest BCUT2D eigenvalue weighted by Gasteiger charge is 2.29. The monoisotopic (exact) mass is 343 g/mol. The first kappa shape index (κ1) is 17.6. The fourth-order valence-electron chi connectivity index (χ4n) is 2.60. The normalized spacial score (nSPS) is 14.6. The summed E-state index contributed by atoms with van der Waals surface area (Å²) in [6, 6.07) is 7.51. The Morgan fingerprint density at radius 1 is 1.32 bits per heavy atom. The molecule has 2 aromatic rings. The van der Waals surface area contributed by atoms with Crippen LogP contribution < -0.4 is 0 Å². The van der Waals surface area contributed by atoms with E-state index in [1.165, 1.54) is 0 Å². The van der Waals surface area contributed by atoms with Crippen LogP contribution in [0.5, 0.6) is 0 Å². The summed E-state index contributed by atoms with van der Waals surface area (Å²) in [7, 11) is 1.73. The van der Waals surface area contributed by atoms with E-state index >= 15 is 0 Å². The van der Waals surface area contributed by atoms with Crippen LogP contribution in [0.4, 0.5) is 0 Å². The zero-order chi connectivity index (χ0) is 18.0. The molecule has 0 atom stereocenters.